The van der Waals surface area contributed by atoms with Gasteiger partial charge in [-0.05, 0) is 25.7 Å². The molecule has 0 aliphatic heterocycles. The minimum absolute atomic E-state index is 0.0220. The van der Waals surface area contributed by atoms with Crippen molar-refractivity contribution in [1.29, 1.82) is 0 Å². The van der Waals surface area contributed by atoms with Crippen LogP contribution >= 0.6 is 0 Å². The molecule has 1 unspecified atom stereocenters. The zero-order valence-corrected chi connectivity index (χ0v) is 8.43. The SMILES string of the molecule is COC(c1noc([C@@H](C)N)n1)C1CC1. The van der Waals surface area contributed by atoms with Gasteiger partial charge in [0.15, 0.2) is 0 Å². The number of ether oxygens (including phenoxy) is 1. The van der Waals surface area contributed by atoms with Crippen LogP contribution in [0.15, 0.2) is 4.52 Å². The zero-order chi connectivity index (χ0) is 10.1. The summed E-state index contributed by atoms with van der Waals surface area (Å²) in [5.74, 6) is 1.66. The topological polar surface area (TPSA) is 74.2 Å². The van der Waals surface area contributed by atoms with Crippen LogP contribution in [0.5, 0.6) is 0 Å². The molecule has 1 aliphatic carbocycles. The molecule has 0 amide bonds. The lowest BCUT2D eigenvalue weighted by Crippen LogP contribution is -2.08. The number of nitrogens with zero attached hydrogens (tertiary/aromatic N) is 2. The normalized spacial score (nSPS) is 20.8. The van der Waals surface area contributed by atoms with Gasteiger partial charge >= 0.3 is 0 Å². The van der Waals surface area contributed by atoms with Crippen LogP contribution in [0.2, 0.25) is 0 Å². The van der Waals surface area contributed by atoms with Gasteiger partial charge in [-0.3, -0.25) is 0 Å². The third-order valence-corrected chi connectivity index (χ3v) is 2.41. The van der Waals surface area contributed by atoms with Crippen molar-refractivity contribution >= 4 is 0 Å². The van der Waals surface area contributed by atoms with Crippen molar-refractivity contribution in [2.75, 3.05) is 7.11 Å². The van der Waals surface area contributed by atoms with Gasteiger partial charge in [-0.15, -0.1) is 0 Å². The fourth-order valence-electron chi connectivity index (χ4n) is 1.46. The molecule has 1 aliphatic rings. The van der Waals surface area contributed by atoms with Gasteiger partial charge in [-0.25, -0.2) is 0 Å². The summed E-state index contributed by atoms with van der Waals surface area (Å²) in [5.41, 5.74) is 5.62. The molecule has 2 atom stereocenters. The van der Waals surface area contributed by atoms with Gasteiger partial charge in [-0.2, -0.15) is 4.98 Å². The van der Waals surface area contributed by atoms with E-state index in [1.165, 1.54) is 12.8 Å². The fraction of sp³-hybridized carbons (Fsp3) is 0.778. The molecule has 0 saturated heterocycles. The Labute approximate surface area is 82.6 Å². The highest BCUT2D eigenvalue weighted by Crippen LogP contribution is 2.41. The molecule has 0 spiro atoms. The Morgan fingerprint density at radius 1 is 1.57 bits per heavy atom. The van der Waals surface area contributed by atoms with E-state index in [0.717, 1.165) is 0 Å². The van der Waals surface area contributed by atoms with Crippen molar-refractivity contribution < 1.29 is 9.26 Å². The van der Waals surface area contributed by atoms with Crippen molar-refractivity contribution in [1.82, 2.24) is 10.1 Å². The second-order valence-electron chi connectivity index (χ2n) is 3.77. The Kier molecular flexibility index (Phi) is 2.52. The van der Waals surface area contributed by atoms with E-state index in [-0.39, 0.29) is 12.1 Å². The Bertz CT molecular complexity index is 307. The molecule has 1 aromatic heterocycles. The lowest BCUT2D eigenvalue weighted by Gasteiger charge is -2.08. The van der Waals surface area contributed by atoms with Gasteiger partial charge in [0, 0.05) is 7.11 Å². The third kappa shape index (κ3) is 1.78. The van der Waals surface area contributed by atoms with E-state index in [2.05, 4.69) is 10.1 Å². The summed E-state index contributed by atoms with van der Waals surface area (Å²) >= 11 is 0. The summed E-state index contributed by atoms with van der Waals surface area (Å²) in [4.78, 5) is 4.21. The fourth-order valence-corrected chi connectivity index (χ4v) is 1.46. The Morgan fingerprint density at radius 2 is 2.29 bits per heavy atom. The molecule has 78 valence electrons. The largest absolute Gasteiger partial charge is 0.373 e. The van der Waals surface area contributed by atoms with Gasteiger partial charge < -0.3 is 15.0 Å². The second kappa shape index (κ2) is 3.67. The number of hydrogen-bond acceptors (Lipinski definition) is 5. The number of hydrogen-bond donors (Lipinski definition) is 1. The predicted molar refractivity (Wildman–Crippen MR) is 49.4 cm³/mol. The molecule has 2 rings (SSSR count). The molecule has 2 N–H and O–H groups in total. The summed E-state index contributed by atoms with van der Waals surface area (Å²) < 4.78 is 10.3. The van der Waals surface area contributed by atoms with Gasteiger partial charge in [0.05, 0.1) is 6.04 Å². The Balaban J connectivity index is 2.13. The molecule has 5 heteroatoms. The average molecular weight is 197 g/mol. The summed E-state index contributed by atoms with van der Waals surface area (Å²) in [5, 5.41) is 3.88. The number of methoxy groups -OCH3 is 1. The lowest BCUT2D eigenvalue weighted by atomic mass is 10.2. The van der Waals surface area contributed by atoms with Crippen LogP contribution in [0.25, 0.3) is 0 Å². The van der Waals surface area contributed by atoms with Gasteiger partial charge in [0.25, 0.3) is 0 Å². The molecule has 14 heavy (non-hydrogen) atoms. The maximum absolute atomic E-state index is 5.62. The molecule has 1 heterocycles. The number of rotatable bonds is 4. The van der Waals surface area contributed by atoms with Crippen LogP contribution in [0.3, 0.4) is 0 Å². The smallest absolute Gasteiger partial charge is 0.243 e. The third-order valence-electron chi connectivity index (χ3n) is 2.41. The van der Waals surface area contributed by atoms with Gasteiger partial charge in [0.1, 0.15) is 6.10 Å². The monoisotopic (exact) mass is 197 g/mol. The molecule has 0 bridgehead atoms. The first-order valence-corrected chi connectivity index (χ1v) is 4.84. The summed E-state index contributed by atoms with van der Waals surface area (Å²) in [6, 6.07) is -0.215. The van der Waals surface area contributed by atoms with Crippen LogP contribution in [0.4, 0.5) is 0 Å². The van der Waals surface area contributed by atoms with Crippen LogP contribution in [-0.4, -0.2) is 17.3 Å². The highest BCUT2D eigenvalue weighted by Gasteiger charge is 2.35. The minimum Gasteiger partial charge on any atom is -0.373 e. The van der Waals surface area contributed by atoms with E-state index in [1.807, 2.05) is 6.92 Å². The maximum atomic E-state index is 5.62. The molecule has 0 aromatic carbocycles. The van der Waals surface area contributed by atoms with Crippen LogP contribution in [0, 0.1) is 5.92 Å². The van der Waals surface area contributed by atoms with Gasteiger partial charge in [-0.1, -0.05) is 5.16 Å². The second-order valence-corrected chi connectivity index (χ2v) is 3.77. The number of nitrogens with two attached hydrogens (primary N) is 1. The maximum Gasteiger partial charge on any atom is 0.243 e. The van der Waals surface area contributed by atoms with Crippen molar-refractivity contribution in [3.05, 3.63) is 11.7 Å². The van der Waals surface area contributed by atoms with Crippen LogP contribution in [-0.2, 0) is 4.74 Å². The summed E-state index contributed by atoms with van der Waals surface area (Å²) in [6.45, 7) is 1.82. The van der Waals surface area contributed by atoms with E-state index in [9.17, 15) is 0 Å². The quantitative estimate of drug-likeness (QED) is 0.784. The van der Waals surface area contributed by atoms with Gasteiger partial charge in [0.2, 0.25) is 11.7 Å². The molecule has 1 aromatic rings. The van der Waals surface area contributed by atoms with Crippen molar-refractivity contribution in [2.24, 2.45) is 11.7 Å². The zero-order valence-electron chi connectivity index (χ0n) is 8.43. The van der Waals surface area contributed by atoms with Crippen LogP contribution in [0.1, 0.15) is 43.6 Å². The van der Waals surface area contributed by atoms with E-state index >= 15 is 0 Å². The molecule has 1 fully saturated rings. The van der Waals surface area contributed by atoms with E-state index in [4.69, 9.17) is 15.0 Å². The number of aromatic nitrogens is 2. The molecule has 0 radical (unpaired) electrons. The average Bonchev–Trinajstić information content (AvgIpc) is 2.84. The molecular formula is C9H15N3O2. The standard InChI is InChI=1S/C9H15N3O2/c1-5(10)9-11-8(12-14-9)7(13-2)6-3-4-6/h5-7H,3-4,10H2,1-2H3/t5-,7?/m1/s1. The first-order valence-electron chi connectivity index (χ1n) is 4.84. The first-order chi connectivity index (χ1) is 6.72. The lowest BCUT2D eigenvalue weighted by molar-refractivity contribution is 0.0751. The molecular weight excluding hydrogens is 182 g/mol. The van der Waals surface area contributed by atoms with Crippen molar-refractivity contribution in [2.45, 2.75) is 31.9 Å². The van der Waals surface area contributed by atoms with Crippen molar-refractivity contribution in [3.63, 3.8) is 0 Å². The highest BCUT2D eigenvalue weighted by atomic mass is 16.5. The van der Waals surface area contributed by atoms with Crippen molar-refractivity contribution in [3.8, 4) is 0 Å². The Hall–Kier alpha value is -0.940. The summed E-state index contributed by atoms with van der Waals surface area (Å²) in [6.07, 6.45) is 2.34. The molecule has 1 saturated carbocycles. The predicted octanol–water partition coefficient (Wildman–Crippen LogP) is 1.19. The Morgan fingerprint density at radius 3 is 2.71 bits per heavy atom. The minimum atomic E-state index is -0.215. The summed E-state index contributed by atoms with van der Waals surface area (Å²) in [7, 11) is 1.67. The highest BCUT2D eigenvalue weighted by molar-refractivity contribution is 4.99. The van der Waals surface area contributed by atoms with E-state index in [1.54, 1.807) is 7.11 Å². The van der Waals surface area contributed by atoms with E-state index in [0.29, 0.717) is 17.6 Å². The van der Waals surface area contributed by atoms with E-state index < -0.39 is 0 Å². The first kappa shape index (κ1) is 9.61. The molecule has 5 nitrogen and oxygen atoms in total. The van der Waals surface area contributed by atoms with Crippen LogP contribution < -0.4 is 5.73 Å².